The monoisotopic (exact) mass is 650 g/mol. The van der Waals surface area contributed by atoms with Crippen molar-refractivity contribution in [1.29, 1.82) is 0 Å². The predicted molar refractivity (Wildman–Crippen MR) is 208 cm³/mol. The first-order chi connectivity index (χ1) is 25.3. The van der Waals surface area contributed by atoms with E-state index in [0.29, 0.717) is 17.6 Å². The topological polar surface area (TPSA) is 43.6 Å². The van der Waals surface area contributed by atoms with Gasteiger partial charge in [0.25, 0.3) is 0 Å². The van der Waals surface area contributed by atoms with E-state index in [9.17, 15) is 0 Å². The molecule has 0 fully saturated rings. The number of aromatic nitrogens is 4. The van der Waals surface area contributed by atoms with E-state index >= 15 is 0 Å². The van der Waals surface area contributed by atoms with Gasteiger partial charge in [0.2, 0.25) is 5.95 Å². The van der Waals surface area contributed by atoms with Gasteiger partial charge in [0.05, 0.1) is 5.52 Å². The quantitative estimate of drug-likeness (QED) is 0.190. The van der Waals surface area contributed by atoms with E-state index < -0.39 is 0 Å². The number of para-hydroxylation sites is 1. The van der Waals surface area contributed by atoms with E-state index in [0.717, 1.165) is 27.8 Å². The van der Waals surface area contributed by atoms with Gasteiger partial charge in [-0.3, -0.25) is 4.57 Å². The molecule has 0 radical (unpaired) electrons. The molecule has 0 bridgehead atoms. The fraction of sp³-hybridized carbons (Fsp3) is 0.0426. The van der Waals surface area contributed by atoms with Crippen molar-refractivity contribution in [3.8, 4) is 62.1 Å². The Morgan fingerprint density at radius 2 is 1.08 bits per heavy atom. The van der Waals surface area contributed by atoms with Crippen molar-refractivity contribution in [2.75, 3.05) is 0 Å². The van der Waals surface area contributed by atoms with Crippen LogP contribution in [0, 0.1) is 5.92 Å². The standard InChI is InChI=1S/C47H30N4/c1-2-14-30(15-3-1)45-48-46(50-47(49-45)51-42-24-11-10-20-36(42)40-26-25-29-13-4-5-16-31(29)44(40)51)41-21-9-8-19-34(41)35-27-28-39-33-18-7-6-17-32(33)37-22-12-23-38(35)43(37)39/h1-29,31H. The summed E-state index contributed by atoms with van der Waals surface area (Å²) < 4.78 is 2.28. The molecule has 3 aliphatic carbocycles. The molecule has 0 saturated heterocycles. The minimum atomic E-state index is 0.174. The molecule has 2 aromatic heterocycles. The second kappa shape index (κ2) is 10.9. The van der Waals surface area contributed by atoms with E-state index in [1.165, 1.54) is 49.7 Å². The van der Waals surface area contributed by atoms with Crippen LogP contribution in [-0.4, -0.2) is 19.5 Å². The Balaban J connectivity index is 1.17. The first-order valence-electron chi connectivity index (χ1n) is 17.6. The van der Waals surface area contributed by atoms with E-state index in [4.69, 9.17) is 15.0 Å². The second-order valence-corrected chi connectivity index (χ2v) is 13.5. The number of benzene rings is 6. The Bertz CT molecular complexity index is 2790. The molecule has 4 nitrogen and oxygen atoms in total. The molecule has 238 valence electrons. The average molecular weight is 651 g/mol. The van der Waals surface area contributed by atoms with Gasteiger partial charge in [-0.25, -0.2) is 4.98 Å². The lowest BCUT2D eigenvalue weighted by atomic mass is 9.80. The number of hydrogen-bond donors (Lipinski definition) is 0. The van der Waals surface area contributed by atoms with Gasteiger partial charge in [0, 0.05) is 39.6 Å². The third kappa shape index (κ3) is 4.17. The summed E-state index contributed by atoms with van der Waals surface area (Å²) in [4.78, 5) is 15.9. The minimum absolute atomic E-state index is 0.174. The first-order valence-corrected chi connectivity index (χ1v) is 17.6. The maximum absolute atomic E-state index is 5.39. The predicted octanol–water partition coefficient (Wildman–Crippen LogP) is 11.5. The molecule has 2 unspecified atom stereocenters. The molecule has 0 spiro atoms. The summed E-state index contributed by atoms with van der Waals surface area (Å²) in [6, 6.07) is 47.4. The Morgan fingerprint density at radius 1 is 0.451 bits per heavy atom. The van der Waals surface area contributed by atoms with Gasteiger partial charge in [0.15, 0.2) is 11.6 Å². The zero-order chi connectivity index (χ0) is 33.5. The fourth-order valence-corrected chi connectivity index (χ4v) is 8.55. The molecule has 6 aromatic carbocycles. The van der Waals surface area contributed by atoms with Crippen LogP contribution in [0.4, 0.5) is 0 Å². The molecule has 0 saturated carbocycles. The highest BCUT2D eigenvalue weighted by Gasteiger charge is 2.32. The largest absolute Gasteiger partial charge is 0.281 e. The lowest BCUT2D eigenvalue weighted by Crippen LogP contribution is -2.18. The van der Waals surface area contributed by atoms with Gasteiger partial charge in [-0.2, -0.15) is 9.97 Å². The fourth-order valence-electron chi connectivity index (χ4n) is 8.55. The van der Waals surface area contributed by atoms with Crippen LogP contribution < -0.4 is 0 Å². The van der Waals surface area contributed by atoms with Crippen LogP contribution in [0.15, 0.2) is 164 Å². The molecule has 0 N–H and O–H groups in total. The van der Waals surface area contributed by atoms with Crippen molar-refractivity contribution in [3.05, 3.63) is 175 Å². The third-order valence-electron chi connectivity index (χ3n) is 10.8. The summed E-state index contributed by atoms with van der Waals surface area (Å²) in [7, 11) is 0. The van der Waals surface area contributed by atoms with Crippen LogP contribution >= 0.6 is 0 Å². The maximum Gasteiger partial charge on any atom is 0.238 e. The van der Waals surface area contributed by atoms with Gasteiger partial charge in [-0.05, 0) is 50.2 Å². The Kier molecular flexibility index (Phi) is 6.05. The van der Waals surface area contributed by atoms with Crippen molar-refractivity contribution < 1.29 is 0 Å². The SMILES string of the molecule is C1=CC2C=Cc3c(n(-c4nc(-c5ccccc5)nc(-c5ccccc5-c5ccc6c7c(cccc57)-c5ccccc5-6)n4)c4ccccc34)C2C=C1. The number of hydrogen-bond acceptors (Lipinski definition) is 3. The minimum Gasteiger partial charge on any atom is -0.281 e. The number of allylic oxidation sites excluding steroid dienone is 5. The van der Waals surface area contributed by atoms with E-state index in [1.54, 1.807) is 0 Å². The highest BCUT2D eigenvalue weighted by molar-refractivity contribution is 6.19. The van der Waals surface area contributed by atoms with Crippen LogP contribution in [0.1, 0.15) is 17.2 Å². The van der Waals surface area contributed by atoms with Gasteiger partial charge in [-0.15, -0.1) is 0 Å². The lowest BCUT2D eigenvalue weighted by molar-refractivity contribution is 0.654. The Labute approximate surface area is 295 Å². The molecular weight excluding hydrogens is 621 g/mol. The molecule has 51 heavy (non-hydrogen) atoms. The van der Waals surface area contributed by atoms with Crippen molar-refractivity contribution in [2.45, 2.75) is 5.92 Å². The summed E-state index contributed by atoms with van der Waals surface area (Å²) in [5.41, 5.74) is 12.9. The maximum atomic E-state index is 5.39. The van der Waals surface area contributed by atoms with E-state index in [1.807, 2.05) is 18.2 Å². The summed E-state index contributed by atoms with van der Waals surface area (Å²) in [6.45, 7) is 0. The van der Waals surface area contributed by atoms with Gasteiger partial charge in [0.1, 0.15) is 0 Å². The second-order valence-electron chi connectivity index (χ2n) is 13.5. The van der Waals surface area contributed by atoms with E-state index in [2.05, 4.69) is 156 Å². The number of nitrogens with zero attached hydrogens (tertiary/aromatic N) is 4. The van der Waals surface area contributed by atoms with Gasteiger partial charge >= 0.3 is 0 Å². The van der Waals surface area contributed by atoms with Crippen LogP contribution in [0.3, 0.4) is 0 Å². The van der Waals surface area contributed by atoms with Crippen molar-refractivity contribution >= 4 is 27.8 Å². The van der Waals surface area contributed by atoms with Crippen LogP contribution in [-0.2, 0) is 0 Å². The molecule has 3 aliphatic rings. The smallest absolute Gasteiger partial charge is 0.238 e. The molecule has 0 aliphatic heterocycles. The number of fused-ring (bicyclic) bond motifs is 8. The average Bonchev–Trinajstić information content (AvgIpc) is 3.72. The molecule has 0 amide bonds. The zero-order valence-electron chi connectivity index (χ0n) is 27.6. The summed E-state index contributed by atoms with van der Waals surface area (Å²) >= 11 is 0. The molecule has 11 rings (SSSR count). The highest BCUT2D eigenvalue weighted by atomic mass is 15.2. The van der Waals surface area contributed by atoms with Gasteiger partial charge in [-0.1, -0.05) is 164 Å². The zero-order valence-corrected chi connectivity index (χ0v) is 27.6. The lowest BCUT2D eigenvalue weighted by Gasteiger charge is -2.27. The van der Waals surface area contributed by atoms with E-state index in [-0.39, 0.29) is 11.8 Å². The molecule has 8 aromatic rings. The van der Waals surface area contributed by atoms with Crippen molar-refractivity contribution in [3.63, 3.8) is 0 Å². The van der Waals surface area contributed by atoms with Crippen LogP contribution in [0.25, 0.3) is 89.9 Å². The molecular formula is C47H30N4. The number of rotatable bonds is 4. The van der Waals surface area contributed by atoms with Crippen LogP contribution in [0.2, 0.25) is 0 Å². The first kappa shape index (κ1) is 28.2. The van der Waals surface area contributed by atoms with Crippen molar-refractivity contribution in [1.82, 2.24) is 19.5 Å². The Morgan fingerprint density at radius 3 is 1.92 bits per heavy atom. The summed E-state index contributed by atoms with van der Waals surface area (Å²) in [6.07, 6.45) is 13.5. The summed E-state index contributed by atoms with van der Waals surface area (Å²) in [5, 5.41) is 3.73. The van der Waals surface area contributed by atoms with Crippen molar-refractivity contribution in [2.24, 2.45) is 5.92 Å². The third-order valence-corrected chi connectivity index (χ3v) is 10.8. The molecule has 4 heteroatoms. The normalized spacial score (nSPS) is 16.4. The summed E-state index contributed by atoms with van der Waals surface area (Å²) in [5.74, 6) is 2.37. The highest BCUT2D eigenvalue weighted by Crippen LogP contribution is 2.50. The van der Waals surface area contributed by atoms with Gasteiger partial charge < -0.3 is 0 Å². The van der Waals surface area contributed by atoms with Crippen LogP contribution in [0.5, 0.6) is 0 Å². The molecule has 2 atom stereocenters. The molecule has 2 heterocycles. The Hall–Kier alpha value is -6.65.